The lowest BCUT2D eigenvalue weighted by atomic mass is 9.95. The molecule has 3 heterocycles. The van der Waals surface area contributed by atoms with Gasteiger partial charge in [0.1, 0.15) is 5.00 Å². The van der Waals surface area contributed by atoms with Gasteiger partial charge in [0.15, 0.2) is 5.17 Å². The van der Waals surface area contributed by atoms with Crippen LogP contribution in [-0.4, -0.2) is 26.7 Å². The molecule has 0 atom stereocenters. The van der Waals surface area contributed by atoms with Crippen molar-refractivity contribution in [2.45, 2.75) is 39.5 Å². The number of aryl methyl sites for hydroxylation is 2. The number of nitrogens with zero attached hydrogens (tertiary/aromatic N) is 2. The number of carboxylic acid groups (broad SMARTS) is 1. The van der Waals surface area contributed by atoms with Crippen LogP contribution in [0.5, 0.6) is 0 Å². The molecule has 2 N–H and O–H groups in total. The number of hydrogen-bond acceptors (Lipinski definition) is 5. The van der Waals surface area contributed by atoms with Gasteiger partial charge in [-0.15, -0.1) is 11.3 Å². The maximum Gasteiger partial charge on any atom is 0.339 e. The lowest BCUT2D eigenvalue weighted by Crippen LogP contribution is -2.19. The number of thiophene rings is 1. The van der Waals surface area contributed by atoms with Crippen molar-refractivity contribution in [3.8, 4) is 5.00 Å². The van der Waals surface area contributed by atoms with Crippen LogP contribution in [0.1, 0.15) is 50.6 Å². The quantitative estimate of drug-likeness (QED) is 0.404. The minimum absolute atomic E-state index is 0.214. The minimum atomic E-state index is -0.880. The molecule has 1 saturated heterocycles. The minimum Gasteiger partial charge on any atom is -0.478 e. The number of aromatic carboxylic acids is 1. The Morgan fingerprint density at radius 2 is 2.03 bits per heavy atom. The zero-order chi connectivity index (χ0) is 24.0. The highest BCUT2D eigenvalue weighted by molar-refractivity contribution is 8.18. The summed E-state index contributed by atoms with van der Waals surface area (Å²) in [6.07, 6.45) is 5.71. The summed E-state index contributed by atoms with van der Waals surface area (Å²) in [7, 11) is 0. The Morgan fingerprint density at radius 3 is 2.79 bits per heavy atom. The monoisotopic (exact) mass is 511 g/mol. The number of thioether (sulfide) groups is 1. The Morgan fingerprint density at radius 1 is 1.24 bits per heavy atom. The van der Waals surface area contributed by atoms with E-state index in [2.05, 4.69) is 10.3 Å². The van der Waals surface area contributed by atoms with E-state index >= 15 is 0 Å². The SMILES string of the molecule is Cc1cc(/C=C2\SC(=Nc3cccc(Cl)c3)NC2=O)c(C)n1-c1sc2c(c1C(=O)O)CCCC2. The number of carbonyl (C=O) groups excluding carboxylic acids is 1. The Kier molecular flexibility index (Phi) is 6.14. The molecule has 2 aliphatic rings. The molecule has 1 fully saturated rings. The first-order valence-corrected chi connectivity index (χ1v) is 12.9. The van der Waals surface area contributed by atoms with Gasteiger partial charge in [0.05, 0.1) is 16.2 Å². The molecule has 1 aliphatic heterocycles. The molecule has 3 aromatic rings. The summed E-state index contributed by atoms with van der Waals surface area (Å²) in [5.41, 5.74) is 4.78. The lowest BCUT2D eigenvalue weighted by molar-refractivity contribution is -0.115. The number of aliphatic imine (C=N–C) groups is 1. The number of benzene rings is 1. The van der Waals surface area contributed by atoms with Crippen molar-refractivity contribution < 1.29 is 14.7 Å². The van der Waals surface area contributed by atoms with Gasteiger partial charge in [-0.1, -0.05) is 17.7 Å². The third-order valence-corrected chi connectivity index (χ3v) is 8.44. The van der Waals surface area contributed by atoms with Crippen LogP contribution < -0.4 is 5.32 Å². The van der Waals surface area contributed by atoms with Crippen molar-refractivity contribution in [1.29, 1.82) is 0 Å². The Balaban J connectivity index is 1.51. The van der Waals surface area contributed by atoms with E-state index in [1.165, 1.54) is 16.6 Å². The Bertz CT molecular complexity index is 1400. The number of amides is 1. The molecule has 1 aromatic carbocycles. The predicted molar refractivity (Wildman–Crippen MR) is 139 cm³/mol. The molecule has 1 amide bonds. The van der Waals surface area contributed by atoms with Crippen LogP contribution in [0.25, 0.3) is 11.1 Å². The van der Waals surface area contributed by atoms with Crippen LogP contribution in [0.3, 0.4) is 0 Å². The molecule has 9 heteroatoms. The highest BCUT2D eigenvalue weighted by atomic mass is 35.5. The smallest absolute Gasteiger partial charge is 0.339 e. The number of amidine groups is 1. The van der Waals surface area contributed by atoms with Crippen LogP contribution in [-0.2, 0) is 17.6 Å². The summed E-state index contributed by atoms with van der Waals surface area (Å²) in [5, 5.41) is 14.6. The fraction of sp³-hybridized carbons (Fsp3) is 0.240. The van der Waals surface area contributed by atoms with E-state index in [9.17, 15) is 14.7 Å². The summed E-state index contributed by atoms with van der Waals surface area (Å²) in [6, 6.07) is 9.13. The number of hydrogen-bond donors (Lipinski definition) is 2. The van der Waals surface area contributed by atoms with Gasteiger partial charge in [-0.25, -0.2) is 9.79 Å². The van der Waals surface area contributed by atoms with E-state index in [0.29, 0.717) is 26.3 Å². The van der Waals surface area contributed by atoms with Crippen LogP contribution in [0.2, 0.25) is 5.02 Å². The van der Waals surface area contributed by atoms with E-state index in [4.69, 9.17) is 11.6 Å². The second kappa shape index (κ2) is 9.09. The largest absolute Gasteiger partial charge is 0.478 e. The van der Waals surface area contributed by atoms with Gasteiger partial charge in [0, 0.05) is 21.3 Å². The summed E-state index contributed by atoms with van der Waals surface area (Å²) >= 11 is 8.88. The summed E-state index contributed by atoms with van der Waals surface area (Å²) in [5.74, 6) is -1.09. The standard InChI is InChI=1S/C25H22ClN3O3S2/c1-13-10-15(11-20-22(30)28-25(34-20)27-17-7-5-6-16(26)12-17)14(2)29(13)23-21(24(31)32)18-8-3-4-9-19(18)33-23/h5-7,10-12H,3-4,8-9H2,1-2H3,(H,31,32)(H,27,28,30)/b20-11-. The molecule has 2 aromatic heterocycles. The molecule has 0 bridgehead atoms. The second-order valence-corrected chi connectivity index (χ2v) is 10.9. The Labute approximate surface area is 210 Å². The zero-order valence-electron chi connectivity index (χ0n) is 18.6. The maximum absolute atomic E-state index is 12.6. The molecular formula is C25H22ClN3O3S2. The van der Waals surface area contributed by atoms with E-state index in [1.54, 1.807) is 23.5 Å². The number of aromatic nitrogens is 1. The highest BCUT2D eigenvalue weighted by Gasteiger charge is 2.28. The highest BCUT2D eigenvalue weighted by Crippen LogP contribution is 2.39. The van der Waals surface area contributed by atoms with E-state index in [-0.39, 0.29) is 5.91 Å². The van der Waals surface area contributed by atoms with Gasteiger partial charge in [-0.2, -0.15) is 0 Å². The van der Waals surface area contributed by atoms with Gasteiger partial charge < -0.3 is 15.0 Å². The van der Waals surface area contributed by atoms with Gasteiger partial charge in [-0.05, 0) is 92.8 Å². The van der Waals surface area contributed by atoms with Crippen molar-refractivity contribution in [3.63, 3.8) is 0 Å². The molecule has 0 spiro atoms. The predicted octanol–water partition coefficient (Wildman–Crippen LogP) is 6.28. The fourth-order valence-electron chi connectivity index (χ4n) is 4.46. The van der Waals surface area contributed by atoms with Crippen molar-refractivity contribution in [3.05, 3.63) is 73.2 Å². The van der Waals surface area contributed by atoms with Crippen LogP contribution in [0, 0.1) is 13.8 Å². The summed E-state index contributed by atoms with van der Waals surface area (Å²) in [6.45, 7) is 3.93. The van der Waals surface area contributed by atoms with Gasteiger partial charge in [-0.3, -0.25) is 4.79 Å². The van der Waals surface area contributed by atoms with Crippen molar-refractivity contribution in [2.75, 3.05) is 0 Å². The van der Waals surface area contributed by atoms with Crippen molar-refractivity contribution in [1.82, 2.24) is 9.88 Å². The van der Waals surface area contributed by atoms with Crippen LogP contribution in [0.4, 0.5) is 5.69 Å². The van der Waals surface area contributed by atoms with E-state index in [0.717, 1.165) is 53.2 Å². The molecule has 6 nitrogen and oxygen atoms in total. The number of carbonyl (C=O) groups is 2. The van der Waals surface area contributed by atoms with Gasteiger partial charge in [0.2, 0.25) is 0 Å². The molecule has 34 heavy (non-hydrogen) atoms. The molecular weight excluding hydrogens is 490 g/mol. The number of fused-ring (bicyclic) bond motifs is 1. The normalized spacial score (nSPS) is 17.9. The first-order chi connectivity index (χ1) is 16.3. The average Bonchev–Trinajstić information content (AvgIpc) is 3.41. The number of nitrogens with one attached hydrogen (secondary N) is 1. The van der Waals surface area contributed by atoms with Gasteiger partial charge >= 0.3 is 5.97 Å². The number of carboxylic acids is 1. The average molecular weight is 512 g/mol. The lowest BCUT2D eigenvalue weighted by Gasteiger charge is -2.11. The molecule has 1 aliphatic carbocycles. The topological polar surface area (TPSA) is 83.7 Å². The van der Waals surface area contributed by atoms with Crippen molar-refractivity contribution >= 4 is 63.5 Å². The van der Waals surface area contributed by atoms with E-state index in [1.807, 2.05) is 42.7 Å². The third-order valence-electron chi connectivity index (χ3n) is 6.02. The molecule has 0 radical (unpaired) electrons. The first kappa shape index (κ1) is 23.0. The number of rotatable bonds is 4. The van der Waals surface area contributed by atoms with Crippen LogP contribution >= 0.6 is 34.7 Å². The first-order valence-electron chi connectivity index (χ1n) is 10.9. The molecule has 0 saturated carbocycles. The van der Waals surface area contributed by atoms with E-state index < -0.39 is 5.97 Å². The molecule has 174 valence electrons. The van der Waals surface area contributed by atoms with Crippen molar-refractivity contribution in [2.24, 2.45) is 4.99 Å². The second-order valence-electron chi connectivity index (χ2n) is 8.32. The van der Waals surface area contributed by atoms with Crippen LogP contribution in [0.15, 0.2) is 40.2 Å². The third kappa shape index (κ3) is 4.21. The molecule has 0 unspecified atom stereocenters. The summed E-state index contributed by atoms with van der Waals surface area (Å²) < 4.78 is 2.01. The number of halogens is 1. The summed E-state index contributed by atoms with van der Waals surface area (Å²) in [4.78, 5) is 31.0. The zero-order valence-corrected chi connectivity index (χ0v) is 21.0. The molecule has 5 rings (SSSR count). The van der Waals surface area contributed by atoms with Gasteiger partial charge in [0.25, 0.3) is 5.91 Å². The Hall–Kier alpha value is -2.81. The fourth-order valence-corrected chi connectivity index (χ4v) is 6.97. The maximum atomic E-state index is 12.6.